The summed E-state index contributed by atoms with van der Waals surface area (Å²) in [7, 11) is 3.36. The van der Waals surface area contributed by atoms with Crippen molar-refractivity contribution < 1.29 is 0 Å². The summed E-state index contributed by atoms with van der Waals surface area (Å²) in [6.07, 6.45) is 3.78. The fourth-order valence-corrected chi connectivity index (χ4v) is 2.37. The molecule has 0 aromatic heterocycles. The molecule has 0 spiro atoms. The lowest BCUT2D eigenvalue weighted by atomic mass is 10.0. The molecular formula is C12H23N2SSi. The van der Waals surface area contributed by atoms with Gasteiger partial charge in [-0.2, -0.15) is 12.6 Å². The van der Waals surface area contributed by atoms with Gasteiger partial charge in [-0.25, -0.2) is 0 Å². The second-order valence-corrected chi connectivity index (χ2v) is 5.29. The third kappa shape index (κ3) is 5.21. The average molecular weight is 255 g/mol. The van der Waals surface area contributed by atoms with E-state index in [0.717, 1.165) is 18.0 Å². The molecule has 0 saturated heterocycles. The van der Waals surface area contributed by atoms with Gasteiger partial charge in [-0.3, -0.25) is 4.99 Å². The van der Waals surface area contributed by atoms with Crippen molar-refractivity contribution >= 4 is 28.6 Å². The Morgan fingerprint density at radius 3 is 2.31 bits per heavy atom. The third-order valence-corrected chi connectivity index (χ3v) is 2.81. The zero-order chi connectivity index (χ0) is 12.8. The lowest BCUT2D eigenvalue weighted by molar-refractivity contribution is 0.213. The van der Waals surface area contributed by atoms with Gasteiger partial charge in [-0.15, -0.1) is 0 Å². The maximum Gasteiger partial charge on any atom is 0.0612 e. The van der Waals surface area contributed by atoms with Crippen LogP contribution in [-0.2, 0) is 0 Å². The van der Waals surface area contributed by atoms with E-state index in [9.17, 15) is 0 Å². The minimum absolute atomic E-state index is 0.0951. The van der Waals surface area contributed by atoms with Crippen LogP contribution in [0.15, 0.2) is 16.8 Å². The third-order valence-electron chi connectivity index (χ3n) is 2.36. The van der Waals surface area contributed by atoms with Crippen LogP contribution in [0.3, 0.4) is 0 Å². The van der Waals surface area contributed by atoms with E-state index in [1.54, 1.807) is 0 Å². The normalized spacial score (nSPS) is 14.2. The van der Waals surface area contributed by atoms with Crippen LogP contribution in [0.1, 0.15) is 41.0 Å². The molecule has 0 aliphatic carbocycles. The van der Waals surface area contributed by atoms with Crippen LogP contribution in [0.4, 0.5) is 0 Å². The van der Waals surface area contributed by atoms with Crippen molar-refractivity contribution in [3.63, 3.8) is 0 Å². The lowest BCUT2D eigenvalue weighted by Crippen LogP contribution is -2.39. The van der Waals surface area contributed by atoms with E-state index < -0.39 is 0 Å². The van der Waals surface area contributed by atoms with Gasteiger partial charge in [0.1, 0.15) is 0 Å². The standard InChI is InChI=1S/C12H23N2SSi/c1-6-11(7-10(2)13-8-16)14(9-15)12(3,4)5/h7,15H,6,8-9H2,1-5H3/b11-7-,13-10+. The molecule has 4 heteroatoms. The first-order valence-corrected chi connectivity index (χ1v) is 6.95. The van der Waals surface area contributed by atoms with E-state index in [-0.39, 0.29) is 5.54 Å². The summed E-state index contributed by atoms with van der Waals surface area (Å²) in [5.74, 6) is 0.727. The molecule has 0 rings (SSSR count). The maximum atomic E-state index is 4.41. The average Bonchev–Trinajstić information content (AvgIpc) is 2.15. The Hall–Kier alpha value is -0.223. The van der Waals surface area contributed by atoms with Crippen LogP contribution in [0.5, 0.6) is 0 Å². The molecule has 0 unspecified atom stereocenters. The molecule has 0 aliphatic rings. The summed E-state index contributed by atoms with van der Waals surface area (Å²) in [5, 5.41) is 0. The highest BCUT2D eigenvalue weighted by Gasteiger charge is 2.21. The number of aliphatic imine (C=N–C) groups is 1. The summed E-state index contributed by atoms with van der Waals surface area (Å²) in [4.78, 5) is 6.61. The van der Waals surface area contributed by atoms with Gasteiger partial charge in [0.15, 0.2) is 0 Å². The summed E-state index contributed by atoms with van der Waals surface area (Å²) >= 11 is 4.41. The SMILES string of the molecule is CC/C(=C/C(C)=N/C[Si])N(CS)C(C)(C)C. The van der Waals surface area contributed by atoms with Crippen LogP contribution in [-0.4, -0.2) is 38.4 Å². The molecule has 16 heavy (non-hydrogen) atoms. The number of nitrogens with zero attached hydrogens (tertiary/aromatic N) is 2. The zero-order valence-electron chi connectivity index (χ0n) is 11.0. The Bertz CT molecular complexity index is 267. The van der Waals surface area contributed by atoms with Gasteiger partial charge in [0.2, 0.25) is 0 Å². The van der Waals surface area contributed by atoms with Crippen LogP contribution in [0.2, 0.25) is 0 Å². The van der Waals surface area contributed by atoms with Gasteiger partial charge in [0.05, 0.1) is 16.1 Å². The molecule has 0 heterocycles. The minimum atomic E-state index is 0.0951. The van der Waals surface area contributed by atoms with Crippen molar-refractivity contribution in [1.29, 1.82) is 0 Å². The Kier molecular flexibility index (Phi) is 7.07. The monoisotopic (exact) mass is 255 g/mol. The summed E-state index contributed by atoms with van der Waals surface area (Å²) in [6.45, 7) is 10.8. The predicted octanol–water partition coefficient (Wildman–Crippen LogP) is 2.86. The molecule has 0 amide bonds. The molecule has 0 aliphatic heterocycles. The molecular weight excluding hydrogens is 232 g/mol. The highest BCUT2D eigenvalue weighted by atomic mass is 32.1. The highest BCUT2D eigenvalue weighted by Crippen LogP contribution is 2.22. The molecule has 0 fully saturated rings. The fraction of sp³-hybridized carbons (Fsp3) is 0.750. The largest absolute Gasteiger partial charge is 0.361 e. The van der Waals surface area contributed by atoms with Crippen molar-refractivity contribution in [3.8, 4) is 0 Å². The molecule has 0 N–H and O–H groups in total. The second-order valence-electron chi connectivity index (χ2n) is 4.69. The van der Waals surface area contributed by atoms with Gasteiger partial charge in [0, 0.05) is 23.1 Å². The molecule has 0 atom stereocenters. The topological polar surface area (TPSA) is 15.6 Å². The fourth-order valence-electron chi connectivity index (χ4n) is 1.52. The lowest BCUT2D eigenvalue weighted by Gasteiger charge is -2.38. The van der Waals surface area contributed by atoms with Gasteiger partial charge in [-0.1, -0.05) is 6.92 Å². The first kappa shape index (κ1) is 15.8. The van der Waals surface area contributed by atoms with E-state index >= 15 is 0 Å². The van der Waals surface area contributed by atoms with Crippen molar-refractivity contribution in [2.75, 3.05) is 12.0 Å². The van der Waals surface area contributed by atoms with Gasteiger partial charge in [-0.05, 0) is 40.2 Å². The summed E-state index contributed by atoms with van der Waals surface area (Å²) in [5.41, 5.74) is 2.42. The van der Waals surface area contributed by atoms with E-state index in [2.05, 4.69) is 66.5 Å². The maximum absolute atomic E-state index is 4.41. The Morgan fingerprint density at radius 2 is 2.00 bits per heavy atom. The molecule has 0 saturated carbocycles. The van der Waals surface area contributed by atoms with Gasteiger partial charge >= 0.3 is 0 Å². The number of hydrogen-bond acceptors (Lipinski definition) is 3. The van der Waals surface area contributed by atoms with E-state index in [4.69, 9.17) is 0 Å². The van der Waals surface area contributed by atoms with Crippen molar-refractivity contribution in [2.24, 2.45) is 4.99 Å². The van der Waals surface area contributed by atoms with Crippen molar-refractivity contribution in [3.05, 3.63) is 11.8 Å². The zero-order valence-corrected chi connectivity index (χ0v) is 12.9. The number of allylic oxidation sites excluding steroid dienone is 2. The molecule has 0 aromatic carbocycles. The Labute approximate surface area is 109 Å². The molecule has 3 radical (unpaired) electrons. The quantitative estimate of drug-likeness (QED) is 0.346. The Balaban J connectivity index is 5.03. The van der Waals surface area contributed by atoms with Gasteiger partial charge < -0.3 is 4.90 Å². The summed E-state index contributed by atoms with van der Waals surface area (Å²) < 4.78 is 0. The van der Waals surface area contributed by atoms with Crippen LogP contribution in [0, 0.1) is 0 Å². The van der Waals surface area contributed by atoms with E-state index in [1.807, 2.05) is 6.92 Å². The molecule has 91 valence electrons. The van der Waals surface area contributed by atoms with Crippen LogP contribution < -0.4 is 0 Å². The number of thiol groups is 1. The van der Waals surface area contributed by atoms with Crippen LogP contribution >= 0.6 is 12.6 Å². The number of hydrogen-bond donors (Lipinski definition) is 1. The first-order valence-electron chi connectivity index (χ1n) is 5.61. The smallest absolute Gasteiger partial charge is 0.0612 e. The summed E-state index contributed by atoms with van der Waals surface area (Å²) in [6, 6.07) is 0. The van der Waals surface area contributed by atoms with E-state index in [0.29, 0.717) is 6.17 Å². The Morgan fingerprint density at radius 1 is 1.44 bits per heavy atom. The highest BCUT2D eigenvalue weighted by molar-refractivity contribution is 7.80. The van der Waals surface area contributed by atoms with E-state index in [1.165, 1.54) is 5.70 Å². The second kappa shape index (κ2) is 7.17. The van der Waals surface area contributed by atoms with Crippen molar-refractivity contribution in [2.45, 2.75) is 46.6 Å². The molecule has 0 bridgehead atoms. The predicted molar refractivity (Wildman–Crippen MR) is 77.5 cm³/mol. The van der Waals surface area contributed by atoms with Gasteiger partial charge in [0.25, 0.3) is 0 Å². The number of rotatable bonds is 5. The van der Waals surface area contributed by atoms with Crippen molar-refractivity contribution in [1.82, 2.24) is 4.90 Å². The first-order chi connectivity index (χ1) is 7.36. The van der Waals surface area contributed by atoms with Crippen LogP contribution in [0.25, 0.3) is 0 Å². The molecule has 0 aromatic rings. The molecule has 2 nitrogen and oxygen atoms in total. The minimum Gasteiger partial charge on any atom is -0.361 e.